The molecule has 0 bridgehead atoms. The Balaban J connectivity index is 2.01. The summed E-state index contributed by atoms with van der Waals surface area (Å²) in [6.07, 6.45) is 7.40. The molecule has 1 aromatic rings. The molecule has 17 heavy (non-hydrogen) atoms. The van der Waals surface area contributed by atoms with Crippen LogP contribution < -0.4 is 5.32 Å². The molecule has 1 fully saturated rings. The van der Waals surface area contributed by atoms with Gasteiger partial charge in [0, 0.05) is 18.0 Å². The van der Waals surface area contributed by atoms with Crippen molar-refractivity contribution in [2.24, 2.45) is 5.92 Å². The summed E-state index contributed by atoms with van der Waals surface area (Å²) in [6, 6.07) is 4.21. The fraction of sp³-hybridized carbons (Fsp3) is 0.643. The Morgan fingerprint density at radius 3 is 3.12 bits per heavy atom. The third-order valence-electron chi connectivity index (χ3n) is 3.38. The lowest BCUT2D eigenvalue weighted by atomic mass is 9.91. The lowest BCUT2D eigenvalue weighted by molar-refractivity contribution is 0.394. The molecule has 94 valence electrons. The zero-order valence-electron chi connectivity index (χ0n) is 10.8. The van der Waals surface area contributed by atoms with Crippen molar-refractivity contribution in [2.45, 2.75) is 49.4 Å². The molecule has 0 radical (unpaired) electrons. The van der Waals surface area contributed by atoms with Crippen molar-refractivity contribution in [3.63, 3.8) is 0 Å². The van der Waals surface area contributed by atoms with E-state index in [-0.39, 0.29) is 0 Å². The molecular formula is C14H22N2S. The van der Waals surface area contributed by atoms with Crippen LogP contribution >= 0.6 is 11.8 Å². The van der Waals surface area contributed by atoms with Crippen molar-refractivity contribution in [3.8, 4) is 0 Å². The van der Waals surface area contributed by atoms with Gasteiger partial charge in [-0.25, -0.2) is 4.98 Å². The maximum Gasteiger partial charge on any atom is 0.101 e. The first-order valence-corrected chi connectivity index (χ1v) is 7.42. The Bertz CT molecular complexity index is 354. The molecule has 1 aliphatic rings. The number of thioether (sulfide) groups is 1. The summed E-state index contributed by atoms with van der Waals surface area (Å²) in [7, 11) is 1.99. The van der Waals surface area contributed by atoms with Crippen molar-refractivity contribution < 1.29 is 0 Å². The van der Waals surface area contributed by atoms with Gasteiger partial charge in [-0.1, -0.05) is 25.8 Å². The Morgan fingerprint density at radius 2 is 2.35 bits per heavy atom. The average Bonchev–Trinajstić information content (AvgIpc) is 2.32. The molecule has 1 heterocycles. The number of aromatic nitrogens is 1. The van der Waals surface area contributed by atoms with E-state index in [2.05, 4.69) is 23.3 Å². The summed E-state index contributed by atoms with van der Waals surface area (Å²) >= 11 is 1.98. The summed E-state index contributed by atoms with van der Waals surface area (Å²) in [6.45, 7) is 3.29. The lowest BCUT2D eigenvalue weighted by Gasteiger charge is -2.26. The molecule has 1 saturated carbocycles. The van der Waals surface area contributed by atoms with E-state index in [9.17, 15) is 0 Å². The number of hydrogen-bond acceptors (Lipinski definition) is 3. The van der Waals surface area contributed by atoms with Gasteiger partial charge in [-0.2, -0.15) is 0 Å². The van der Waals surface area contributed by atoms with Crippen LogP contribution in [-0.4, -0.2) is 17.3 Å². The zero-order chi connectivity index (χ0) is 12.1. The van der Waals surface area contributed by atoms with Crippen molar-refractivity contribution in [2.75, 3.05) is 7.05 Å². The first-order valence-electron chi connectivity index (χ1n) is 6.54. The van der Waals surface area contributed by atoms with E-state index in [0.29, 0.717) is 0 Å². The van der Waals surface area contributed by atoms with Crippen molar-refractivity contribution >= 4 is 11.8 Å². The number of hydrogen-bond donors (Lipinski definition) is 1. The van der Waals surface area contributed by atoms with Gasteiger partial charge in [0.2, 0.25) is 0 Å². The molecule has 0 aliphatic heterocycles. The molecular weight excluding hydrogens is 228 g/mol. The predicted molar refractivity (Wildman–Crippen MR) is 74.3 cm³/mol. The van der Waals surface area contributed by atoms with Crippen LogP contribution in [0.2, 0.25) is 0 Å². The minimum Gasteiger partial charge on any atom is -0.316 e. The zero-order valence-corrected chi connectivity index (χ0v) is 11.6. The summed E-state index contributed by atoms with van der Waals surface area (Å²) < 4.78 is 0. The molecule has 1 aromatic heterocycles. The molecule has 0 saturated heterocycles. The lowest BCUT2D eigenvalue weighted by Crippen LogP contribution is -2.16. The van der Waals surface area contributed by atoms with Crippen molar-refractivity contribution in [1.82, 2.24) is 10.3 Å². The van der Waals surface area contributed by atoms with Gasteiger partial charge in [-0.15, -0.1) is 11.8 Å². The van der Waals surface area contributed by atoms with E-state index in [4.69, 9.17) is 0 Å². The van der Waals surface area contributed by atoms with Gasteiger partial charge in [-0.3, -0.25) is 0 Å². The Hall–Kier alpha value is -0.540. The fourth-order valence-corrected chi connectivity index (χ4v) is 3.94. The molecule has 1 N–H and O–H groups in total. The topological polar surface area (TPSA) is 24.9 Å². The van der Waals surface area contributed by atoms with E-state index >= 15 is 0 Å². The number of nitrogens with one attached hydrogen (secondary N) is 1. The third kappa shape index (κ3) is 3.71. The van der Waals surface area contributed by atoms with E-state index in [1.165, 1.54) is 36.3 Å². The predicted octanol–water partition coefficient (Wildman–Crippen LogP) is 3.47. The standard InChI is InChI=1S/C14H22N2S/c1-11-5-3-7-13(9-11)17-14-12(10-15-2)6-4-8-16-14/h4,6,8,11,13,15H,3,5,7,9-10H2,1-2H3. The van der Waals surface area contributed by atoms with Gasteiger partial charge in [0.25, 0.3) is 0 Å². The van der Waals surface area contributed by atoms with Gasteiger partial charge in [0.1, 0.15) is 5.03 Å². The van der Waals surface area contributed by atoms with Gasteiger partial charge < -0.3 is 5.32 Å². The Kier molecular flexibility index (Phi) is 4.86. The Labute approximate surface area is 109 Å². The largest absolute Gasteiger partial charge is 0.316 e. The molecule has 2 atom stereocenters. The minimum atomic E-state index is 0.768. The van der Waals surface area contributed by atoms with Crippen molar-refractivity contribution in [3.05, 3.63) is 23.9 Å². The van der Waals surface area contributed by atoms with Gasteiger partial charge in [-0.05, 0) is 37.4 Å². The summed E-state index contributed by atoms with van der Waals surface area (Å²) in [5.41, 5.74) is 1.33. The number of nitrogens with zero attached hydrogens (tertiary/aromatic N) is 1. The van der Waals surface area contributed by atoms with Crippen LogP contribution in [0.3, 0.4) is 0 Å². The highest BCUT2D eigenvalue weighted by Crippen LogP contribution is 2.36. The highest BCUT2D eigenvalue weighted by atomic mass is 32.2. The normalized spacial score (nSPS) is 24.8. The van der Waals surface area contributed by atoms with Gasteiger partial charge in [0.05, 0.1) is 0 Å². The maximum absolute atomic E-state index is 4.54. The quantitative estimate of drug-likeness (QED) is 0.885. The molecule has 0 spiro atoms. The van der Waals surface area contributed by atoms with Crippen LogP contribution in [0, 0.1) is 5.92 Å². The second kappa shape index (κ2) is 6.41. The van der Waals surface area contributed by atoms with E-state index < -0.39 is 0 Å². The van der Waals surface area contributed by atoms with Crippen LogP contribution in [0.5, 0.6) is 0 Å². The smallest absolute Gasteiger partial charge is 0.101 e. The third-order valence-corrected chi connectivity index (χ3v) is 4.74. The van der Waals surface area contributed by atoms with Gasteiger partial charge >= 0.3 is 0 Å². The molecule has 2 rings (SSSR count). The molecule has 2 unspecified atom stereocenters. The maximum atomic E-state index is 4.54. The van der Waals surface area contributed by atoms with E-state index in [1.807, 2.05) is 31.1 Å². The van der Waals surface area contributed by atoms with Gasteiger partial charge in [0.15, 0.2) is 0 Å². The molecule has 1 aliphatic carbocycles. The van der Waals surface area contributed by atoms with Crippen LogP contribution in [0.15, 0.2) is 23.4 Å². The second-order valence-electron chi connectivity index (χ2n) is 5.01. The summed E-state index contributed by atoms with van der Waals surface area (Å²) in [5, 5.41) is 5.21. The Morgan fingerprint density at radius 1 is 1.47 bits per heavy atom. The second-order valence-corrected chi connectivity index (χ2v) is 6.30. The van der Waals surface area contributed by atoms with E-state index in [1.54, 1.807) is 0 Å². The van der Waals surface area contributed by atoms with Crippen LogP contribution in [0.25, 0.3) is 0 Å². The molecule has 3 heteroatoms. The van der Waals surface area contributed by atoms with Crippen LogP contribution in [0.1, 0.15) is 38.2 Å². The number of rotatable bonds is 4. The molecule has 0 aromatic carbocycles. The highest BCUT2D eigenvalue weighted by molar-refractivity contribution is 7.99. The van der Waals surface area contributed by atoms with Crippen LogP contribution in [-0.2, 0) is 6.54 Å². The first-order chi connectivity index (χ1) is 8.29. The average molecular weight is 250 g/mol. The van der Waals surface area contributed by atoms with E-state index in [0.717, 1.165) is 17.7 Å². The highest BCUT2D eigenvalue weighted by Gasteiger charge is 2.21. The first kappa shape index (κ1) is 12.9. The SMILES string of the molecule is CNCc1cccnc1SC1CCCC(C)C1. The monoisotopic (exact) mass is 250 g/mol. The molecule has 2 nitrogen and oxygen atoms in total. The summed E-state index contributed by atoms with van der Waals surface area (Å²) in [5.74, 6) is 0.887. The van der Waals surface area contributed by atoms with Crippen molar-refractivity contribution in [1.29, 1.82) is 0 Å². The fourth-order valence-electron chi connectivity index (χ4n) is 2.50. The van der Waals surface area contributed by atoms with Crippen LogP contribution in [0.4, 0.5) is 0 Å². The summed E-state index contributed by atoms with van der Waals surface area (Å²) in [4.78, 5) is 4.54. The number of pyridine rings is 1. The molecule has 0 amide bonds. The minimum absolute atomic E-state index is 0.768.